The van der Waals surface area contributed by atoms with Crippen LogP contribution in [0.2, 0.25) is 0 Å². The molecule has 2 saturated heterocycles. The van der Waals surface area contributed by atoms with Crippen LogP contribution in [0.1, 0.15) is 65.9 Å². The first-order valence-corrected chi connectivity index (χ1v) is 12.8. The van der Waals surface area contributed by atoms with E-state index in [1.807, 2.05) is 12.1 Å². The van der Waals surface area contributed by atoms with E-state index < -0.39 is 11.9 Å². The average Bonchev–Trinajstić information content (AvgIpc) is 3.16. The summed E-state index contributed by atoms with van der Waals surface area (Å²) in [6.07, 6.45) is 7.79. The molecule has 4 aliphatic rings. The van der Waals surface area contributed by atoms with Gasteiger partial charge in [0, 0.05) is 49.8 Å². The van der Waals surface area contributed by atoms with Crippen LogP contribution in [-0.2, 0) is 16.1 Å². The van der Waals surface area contributed by atoms with Gasteiger partial charge in [-0.3, -0.25) is 29.6 Å². The lowest BCUT2D eigenvalue weighted by Gasteiger charge is -2.48. The molecule has 0 unspecified atom stereocenters. The molecular weight excluding hydrogens is 463 g/mol. The molecule has 9 heteroatoms. The molecule has 3 aliphatic heterocycles. The van der Waals surface area contributed by atoms with Crippen molar-refractivity contribution in [1.29, 1.82) is 0 Å². The van der Waals surface area contributed by atoms with Crippen LogP contribution in [0, 0.1) is 5.82 Å². The second-order valence-electron chi connectivity index (χ2n) is 10.3. The lowest BCUT2D eigenvalue weighted by molar-refractivity contribution is -0.136. The number of hydrogen-bond donors (Lipinski definition) is 1. The predicted molar refractivity (Wildman–Crippen MR) is 128 cm³/mol. The molecule has 3 amide bonds. The van der Waals surface area contributed by atoms with E-state index in [1.54, 1.807) is 23.2 Å². The fourth-order valence-corrected chi connectivity index (χ4v) is 6.13. The molecule has 8 nitrogen and oxygen atoms in total. The van der Waals surface area contributed by atoms with Crippen LogP contribution < -0.4 is 10.1 Å². The maximum Gasteiger partial charge on any atom is 0.255 e. The molecule has 1 aliphatic carbocycles. The Morgan fingerprint density at radius 2 is 1.89 bits per heavy atom. The number of piperidine rings is 1. The molecule has 0 radical (unpaired) electrons. The van der Waals surface area contributed by atoms with E-state index in [-0.39, 0.29) is 42.1 Å². The number of likely N-dealkylation sites (tertiary alicyclic amines) is 1. The maximum atomic E-state index is 14.1. The number of halogens is 1. The van der Waals surface area contributed by atoms with Crippen LogP contribution in [0.15, 0.2) is 36.7 Å². The van der Waals surface area contributed by atoms with Crippen molar-refractivity contribution in [3.8, 4) is 5.75 Å². The smallest absolute Gasteiger partial charge is 0.255 e. The standard InChI is InChI=1S/C27H29FN4O4/c28-21-12-29-10-9-19(21)17-13-31(14-17)22-3-1-2-4-24(22)36-18-5-6-20-16(11-18)15-32(27(20)35)23-7-8-25(33)30-26(23)34/h5-6,9-12,17,22-24H,1-4,7-8,13-15H2,(H,30,33,34)/t22-,23+,24-/m1/s1. The van der Waals surface area contributed by atoms with E-state index in [0.717, 1.165) is 55.6 Å². The van der Waals surface area contributed by atoms with Crippen molar-refractivity contribution in [2.45, 2.75) is 69.2 Å². The molecule has 1 N–H and O–H groups in total. The Bertz CT molecular complexity index is 1210. The number of imide groups is 1. The van der Waals surface area contributed by atoms with Crippen molar-refractivity contribution in [2.75, 3.05) is 13.1 Å². The minimum absolute atomic E-state index is 0.0309. The first-order valence-electron chi connectivity index (χ1n) is 12.8. The normalized spacial score (nSPS) is 27.0. The summed E-state index contributed by atoms with van der Waals surface area (Å²) in [6, 6.07) is 6.95. The molecule has 1 saturated carbocycles. The third-order valence-corrected chi connectivity index (χ3v) is 8.07. The van der Waals surface area contributed by atoms with Crippen molar-refractivity contribution in [2.24, 2.45) is 0 Å². The van der Waals surface area contributed by atoms with E-state index in [2.05, 4.69) is 15.2 Å². The molecule has 1 aromatic heterocycles. The molecule has 1 aromatic carbocycles. The number of carbonyl (C=O) groups is 3. The second-order valence-corrected chi connectivity index (χ2v) is 10.3. The number of fused-ring (bicyclic) bond motifs is 1. The number of nitrogens with zero attached hydrogens (tertiary/aromatic N) is 3. The first kappa shape index (κ1) is 23.1. The summed E-state index contributed by atoms with van der Waals surface area (Å²) in [5.74, 6) is -0.221. The summed E-state index contributed by atoms with van der Waals surface area (Å²) in [7, 11) is 0. The summed E-state index contributed by atoms with van der Waals surface area (Å²) in [5.41, 5.74) is 2.15. The summed E-state index contributed by atoms with van der Waals surface area (Å²) >= 11 is 0. The van der Waals surface area contributed by atoms with Crippen molar-refractivity contribution in [3.05, 3.63) is 59.2 Å². The summed E-state index contributed by atoms with van der Waals surface area (Å²) in [4.78, 5) is 44.6. The monoisotopic (exact) mass is 492 g/mol. The number of aromatic nitrogens is 1. The molecule has 2 aromatic rings. The molecule has 3 fully saturated rings. The van der Waals surface area contributed by atoms with Crippen molar-refractivity contribution in [1.82, 2.24) is 20.1 Å². The third-order valence-electron chi connectivity index (χ3n) is 8.07. The fraction of sp³-hybridized carbons (Fsp3) is 0.481. The number of nitrogens with one attached hydrogen (secondary N) is 1. The average molecular weight is 493 g/mol. The quantitative estimate of drug-likeness (QED) is 0.646. The molecule has 6 rings (SSSR count). The summed E-state index contributed by atoms with van der Waals surface area (Å²) < 4.78 is 20.6. The fourth-order valence-electron chi connectivity index (χ4n) is 6.13. The van der Waals surface area contributed by atoms with Gasteiger partial charge < -0.3 is 9.64 Å². The van der Waals surface area contributed by atoms with Crippen LogP contribution in [-0.4, -0.2) is 63.8 Å². The van der Waals surface area contributed by atoms with E-state index in [4.69, 9.17) is 4.74 Å². The Hall–Kier alpha value is -3.33. The highest BCUT2D eigenvalue weighted by Crippen LogP contribution is 2.37. The Morgan fingerprint density at radius 1 is 1.06 bits per heavy atom. The zero-order valence-electron chi connectivity index (χ0n) is 20.0. The van der Waals surface area contributed by atoms with Gasteiger partial charge in [0.15, 0.2) is 0 Å². The van der Waals surface area contributed by atoms with Gasteiger partial charge >= 0.3 is 0 Å². The van der Waals surface area contributed by atoms with Crippen LogP contribution in [0.3, 0.4) is 0 Å². The van der Waals surface area contributed by atoms with Crippen molar-refractivity contribution in [3.63, 3.8) is 0 Å². The SMILES string of the molecule is O=C1CC[C@H](N2Cc3cc(O[C@@H]4CCCC[C@H]4N4CC(c5ccncc5F)C4)ccc3C2=O)C(=O)N1. The third kappa shape index (κ3) is 4.15. The van der Waals surface area contributed by atoms with Crippen molar-refractivity contribution < 1.29 is 23.5 Å². The van der Waals surface area contributed by atoms with Gasteiger partial charge in [-0.2, -0.15) is 0 Å². The van der Waals surface area contributed by atoms with Gasteiger partial charge in [-0.1, -0.05) is 6.42 Å². The highest BCUT2D eigenvalue weighted by Gasteiger charge is 2.41. The van der Waals surface area contributed by atoms with Crippen molar-refractivity contribution >= 4 is 17.7 Å². The van der Waals surface area contributed by atoms with E-state index in [0.29, 0.717) is 18.5 Å². The van der Waals surface area contributed by atoms with Crippen LogP contribution in [0.25, 0.3) is 0 Å². The largest absolute Gasteiger partial charge is 0.489 e. The molecule has 0 bridgehead atoms. The van der Waals surface area contributed by atoms with Crippen LogP contribution in [0.4, 0.5) is 4.39 Å². The van der Waals surface area contributed by atoms with E-state index >= 15 is 0 Å². The van der Waals surface area contributed by atoms with Crippen LogP contribution in [0.5, 0.6) is 5.75 Å². The Balaban J connectivity index is 1.12. The molecule has 3 atom stereocenters. The minimum atomic E-state index is -0.626. The second kappa shape index (κ2) is 9.28. The number of ether oxygens (including phenoxy) is 1. The summed E-state index contributed by atoms with van der Waals surface area (Å²) in [6.45, 7) is 1.95. The van der Waals surface area contributed by atoms with Gasteiger partial charge in [-0.15, -0.1) is 0 Å². The van der Waals surface area contributed by atoms with Gasteiger partial charge in [0.25, 0.3) is 5.91 Å². The topological polar surface area (TPSA) is 91.8 Å². The van der Waals surface area contributed by atoms with E-state index in [1.165, 1.54) is 6.20 Å². The zero-order valence-corrected chi connectivity index (χ0v) is 20.0. The number of pyridine rings is 1. The Morgan fingerprint density at radius 3 is 2.69 bits per heavy atom. The zero-order chi connectivity index (χ0) is 24.8. The maximum absolute atomic E-state index is 14.1. The highest BCUT2D eigenvalue weighted by molar-refractivity contribution is 6.05. The lowest BCUT2D eigenvalue weighted by atomic mass is 9.84. The van der Waals surface area contributed by atoms with Gasteiger partial charge in [0.05, 0.1) is 6.20 Å². The molecule has 36 heavy (non-hydrogen) atoms. The Kier molecular flexibility index (Phi) is 5.95. The highest BCUT2D eigenvalue weighted by atomic mass is 19.1. The Labute approximate surface area is 208 Å². The van der Waals surface area contributed by atoms with Gasteiger partial charge in [-0.05, 0) is 61.1 Å². The number of amides is 3. The van der Waals surface area contributed by atoms with Gasteiger partial charge in [0.1, 0.15) is 23.7 Å². The number of carbonyl (C=O) groups excluding carboxylic acids is 3. The molecule has 4 heterocycles. The minimum Gasteiger partial charge on any atom is -0.489 e. The van der Waals surface area contributed by atoms with Gasteiger partial charge in [-0.25, -0.2) is 4.39 Å². The number of hydrogen-bond acceptors (Lipinski definition) is 6. The van der Waals surface area contributed by atoms with Crippen LogP contribution >= 0.6 is 0 Å². The predicted octanol–water partition coefficient (Wildman–Crippen LogP) is 2.77. The molecule has 188 valence electrons. The van der Waals surface area contributed by atoms with E-state index in [9.17, 15) is 18.8 Å². The lowest BCUT2D eigenvalue weighted by Crippen LogP contribution is -2.57. The number of benzene rings is 1. The molecular formula is C27H29FN4O4. The molecule has 0 spiro atoms. The first-order chi connectivity index (χ1) is 17.5. The number of rotatable bonds is 5. The summed E-state index contributed by atoms with van der Waals surface area (Å²) in [5, 5.41) is 2.34. The van der Waals surface area contributed by atoms with Gasteiger partial charge in [0.2, 0.25) is 11.8 Å².